The van der Waals surface area contributed by atoms with Gasteiger partial charge in [0.2, 0.25) is 0 Å². The second-order valence-electron chi connectivity index (χ2n) is 9.32. The average Bonchev–Trinajstić information content (AvgIpc) is 2.96. The molecule has 0 aliphatic rings. The first-order valence-corrected chi connectivity index (χ1v) is 13.1. The smallest absolute Gasteiger partial charge is 0.264 e. The fourth-order valence-corrected chi connectivity index (χ4v) is 4.94. The first kappa shape index (κ1) is 26.9. The van der Waals surface area contributed by atoms with Gasteiger partial charge in [0.1, 0.15) is 29.3 Å². The molecule has 2 aromatic heterocycles. The Kier molecular flexibility index (Phi) is 7.79. The monoisotopic (exact) mass is 553 g/mol. The lowest BCUT2D eigenvalue weighted by Crippen LogP contribution is -2.26. The van der Waals surface area contributed by atoms with E-state index in [-0.39, 0.29) is 11.3 Å². The minimum Gasteiger partial charge on any atom is -0.497 e. The Hall–Kier alpha value is -4.69. The highest BCUT2D eigenvalue weighted by atomic mass is 35.5. The number of ketones is 1. The van der Waals surface area contributed by atoms with Gasteiger partial charge in [0.05, 0.1) is 23.6 Å². The van der Waals surface area contributed by atoms with E-state index in [9.17, 15) is 9.59 Å². The number of para-hydroxylation sites is 1. The topological polar surface area (TPSA) is 98.1 Å². The van der Waals surface area contributed by atoms with Crippen molar-refractivity contribution in [1.29, 1.82) is 0 Å². The lowest BCUT2D eigenvalue weighted by molar-refractivity contribution is 0.101. The number of fused-ring (bicyclic) bond motifs is 1. The summed E-state index contributed by atoms with van der Waals surface area (Å²) in [5.41, 5.74) is 2.49. The first-order valence-electron chi connectivity index (χ1n) is 12.8. The van der Waals surface area contributed by atoms with Crippen LogP contribution in [0, 0.1) is 0 Å². The number of halogens is 1. The van der Waals surface area contributed by atoms with Gasteiger partial charge in [0, 0.05) is 17.9 Å². The van der Waals surface area contributed by atoms with Crippen molar-refractivity contribution in [3.05, 3.63) is 117 Å². The van der Waals surface area contributed by atoms with E-state index in [2.05, 4.69) is 20.6 Å². The molecule has 0 radical (unpaired) electrons. The number of pyridine rings is 1. The van der Waals surface area contributed by atoms with Crippen LogP contribution in [-0.4, -0.2) is 27.4 Å². The molecule has 0 aliphatic carbocycles. The number of hydrogen-bond donors (Lipinski definition) is 2. The summed E-state index contributed by atoms with van der Waals surface area (Å²) in [6.07, 6.45) is 1.41. The summed E-state index contributed by atoms with van der Waals surface area (Å²) in [4.78, 5) is 35.3. The van der Waals surface area contributed by atoms with Gasteiger partial charge in [-0.25, -0.2) is 9.97 Å². The maximum atomic E-state index is 13.8. The predicted octanol–water partition coefficient (Wildman–Crippen LogP) is 6.43. The summed E-state index contributed by atoms with van der Waals surface area (Å²) >= 11 is 6.45. The molecule has 0 spiro atoms. The third-order valence-electron chi connectivity index (χ3n) is 6.65. The van der Waals surface area contributed by atoms with E-state index in [1.807, 2.05) is 79.7 Å². The number of carbonyl (C=O) groups excluding carboxylic acids is 1. The molecular weight excluding hydrogens is 526 g/mol. The van der Waals surface area contributed by atoms with Crippen molar-refractivity contribution in [3.63, 3.8) is 0 Å². The zero-order valence-corrected chi connectivity index (χ0v) is 23.1. The van der Waals surface area contributed by atoms with Gasteiger partial charge in [-0.15, -0.1) is 0 Å². The molecule has 0 saturated heterocycles. The van der Waals surface area contributed by atoms with Gasteiger partial charge in [-0.1, -0.05) is 54.1 Å². The standard InChI is InChI=1S/C31H28ClN5O3/c1-19(26-16-22-8-7-11-25(32)28(22)31(39)37(26)23-9-5-4-6-10-23)36-30-27(20(2)38)29(34-18-35-30)33-17-21-12-14-24(40-3)15-13-21/h4-16,18-19H,17H2,1-3H3,(H2,33,34,35,36)/t19-/m0/s1. The second kappa shape index (κ2) is 11.6. The average molecular weight is 554 g/mol. The summed E-state index contributed by atoms with van der Waals surface area (Å²) < 4.78 is 6.87. The molecule has 3 aromatic carbocycles. The summed E-state index contributed by atoms with van der Waals surface area (Å²) in [5, 5.41) is 8.17. The fraction of sp³-hybridized carbons (Fsp3) is 0.161. The van der Waals surface area contributed by atoms with E-state index in [0.29, 0.717) is 45.5 Å². The number of nitrogens with zero attached hydrogens (tertiary/aromatic N) is 3. The van der Waals surface area contributed by atoms with Crippen molar-refractivity contribution in [2.45, 2.75) is 26.4 Å². The van der Waals surface area contributed by atoms with Gasteiger partial charge >= 0.3 is 0 Å². The van der Waals surface area contributed by atoms with E-state index in [1.165, 1.54) is 13.3 Å². The molecule has 202 valence electrons. The highest BCUT2D eigenvalue weighted by Crippen LogP contribution is 2.29. The molecule has 5 aromatic rings. The molecule has 0 bridgehead atoms. The van der Waals surface area contributed by atoms with E-state index in [0.717, 1.165) is 16.7 Å². The maximum Gasteiger partial charge on any atom is 0.264 e. The fourth-order valence-electron chi connectivity index (χ4n) is 4.67. The SMILES string of the molecule is COc1ccc(CNc2ncnc(N[C@@H](C)c3cc4cccc(Cl)c4c(=O)n3-c3ccccc3)c2C(C)=O)cc1. The third kappa shape index (κ3) is 5.39. The lowest BCUT2D eigenvalue weighted by Gasteiger charge is -2.23. The van der Waals surface area contributed by atoms with Crippen LogP contribution >= 0.6 is 11.6 Å². The normalized spacial score (nSPS) is 11.7. The van der Waals surface area contributed by atoms with Gasteiger partial charge in [-0.2, -0.15) is 0 Å². The molecule has 0 unspecified atom stereocenters. The van der Waals surface area contributed by atoms with Gasteiger partial charge in [-0.3, -0.25) is 14.2 Å². The van der Waals surface area contributed by atoms with Crippen LogP contribution in [0.25, 0.3) is 16.5 Å². The van der Waals surface area contributed by atoms with Crippen LogP contribution in [0.4, 0.5) is 11.6 Å². The first-order chi connectivity index (χ1) is 19.4. The molecule has 9 heteroatoms. The van der Waals surface area contributed by atoms with Gasteiger partial charge in [0.25, 0.3) is 5.56 Å². The highest BCUT2D eigenvalue weighted by molar-refractivity contribution is 6.35. The Morgan fingerprint density at radius 3 is 2.42 bits per heavy atom. The quantitative estimate of drug-likeness (QED) is 0.203. The molecule has 5 rings (SSSR count). The second-order valence-corrected chi connectivity index (χ2v) is 9.73. The minimum atomic E-state index is -0.418. The molecule has 1 atom stereocenters. The summed E-state index contributed by atoms with van der Waals surface area (Å²) in [6, 6.07) is 23.9. The number of benzene rings is 3. The number of rotatable bonds is 9. The number of ether oxygens (including phenoxy) is 1. The highest BCUT2D eigenvalue weighted by Gasteiger charge is 2.22. The Morgan fingerprint density at radius 1 is 1.00 bits per heavy atom. The van der Waals surface area contributed by atoms with E-state index < -0.39 is 6.04 Å². The Morgan fingerprint density at radius 2 is 1.73 bits per heavy atom. The number of methoxy groups -OCH3 is 1. The Labute approximate surface area is 236 Å². The molecule has 0 fully saturated rings. The number of nitrogens with one attached hydrogen (secondary N) is 2. The molecule has 8 nitrogen and oxygen atoms in total. The van der Waals surface area contributed by atoms with Crippen LogP contribution in [0.15, 0.2) is 90.0 Å². The molecule has 0 amide bonds. The minimum absolute atomic E-state index is 0.196. The number of aromatic nitrogens is 3. The number of carbonyl (C=O) groups is 1. The predicted molar refractivity (Wildman–Crippen MR) is 159 cm³/mol. The van der Waals surface area contributed by atoms with Crippen molar-refractivity contribution >= 4 is 39.8 Å². The van der Waals surface area contributed by atoms with E-state index in [4.69, 9.17) is 16.3 Å². The van der Waals surface area contributed by atoms with Crippen LogP contribution in [0.3, 0.4) is 0 Å². The molecule has 0 saturated carbocycles. The van der Waals surface area contributed by atoms with Crippen LogP contribution in [-0.2, 0) is 6.54 Å². The number of hydrogen-bond acceptors (Lipinski definition) is 7. The molecule has 2 heterocycles. The van der Waals surface area contributed by atoms with E-state index >= 15 is 0 Å². The van der Waals surface area contributed by atoms with Crippen molar-refractivity contribution in [2.24, 2.45) is 0 Å². The number of anilines is 2. The summed E-state index contributed by atoms with van der Waals surface area (Å²) in [7, 11) is 1.62. The van der Waals surface area contributed by atoms with Gasteiger partial charge < -0.3 is 15.4 Å². The zero-order valence-electron chi connectivity index (χ0n) is 22.3. The molecule has 40 heavy (non-hydrogen) atoms. The maximum absolute atomic E-state index is 13.8. The van der Waals surface area contributed by atoms with Crippen LogP contribution in [0.1, 0.15) is 41.5 Å². The van der Waals surface area contributed by atoms with Crippen molar-refractivity contribution in [2.75, 3.05) is 17.7 Å². The third-order valence-corrected chi connectivity index (χ3v) is 6.97. The summed E-state index contributed by atoms with van der Waals surface area (Å²) in [6.45, 7) is 3.85. The molecule has 2 N–H and O–H groups in total. The van der Waals surface area contributed by atoms with Crippen LogP contribution in [0.2, 0.25) is 5.02 Å². The van der Waals surface area contributed by atoms with E-state index in [1.54, 1.807) is 17.7 Å². The lowest BCUT2D eigenvalue weighted by atomic mass is 10.1. The van der Waals surface area contributed by atoms with Crippen LogP contribution in [0.5, 0.6) is 5.75 Å². The largest absolute Gasteiger partial charge is 0.497 e. The Bertz CT molecular complexity index is 1740. The van der Waals surface area contributed by atoms with Gasteiger partial charge in [0.15, 0.2) is 5.78 Å². The van der Waals surface area contributed by atoms with Crippen molar-refractivity contribution < 1.29 is 9.53 Å². The van der Waals surface area contributed by atoms with Crippen molar-refractivity contribution in [3.8, 4) is 11.4 Å². The van der Waals surface area contributed by atoms with Gasteiger partial charge in [-0.05, 0) is 61.2 Å². The number of Topliss-reactive ketones (excluding diaryl/α,β-unsaturated/α-hetero) is 1. The molecule has 0 aliphatic heterocycles. The molecular formula is C31H28ClN5O3. The zero-order chi connectivity index (χ0) is 28.2. The van der Waals surface area contributed by atoms with Crippen LogP contribution < -0.4 is 20.9 Å². The van der Waals surface area contributed by atoms with Crippen molar-refractivity contribution in [1.82, 2.24) is 14.5 Å². The Balaban J connectivity index is 1.53. The summed E-state index contributed by atoms with van der Waals surface area (Å²) in [5.74, 6) is 1.35.